The molecule has 15 heteroatoms. The van der Waals surface area contributed by atoms with Crippen LogP contribution in [-0.2, 0) is 4.79 Å². The maximum Gasteiger partial charge on any atom is 0.429 e. The van der Waals surface area contributed by atoms with Gasteiger partial charge in [0.1, 0.15) is 11.9 Å². The number of rotatable bonds is 10. The largest absolute Gasteiger partial charge is 0.491 e. The van der Waals surface area contributed by atoms with Crippen LogP contribution in [0.25, 0.3) is 16.8 Å². The van der Waals surface area contributed by atoms with Crippen LogP contribution < -0.4 is 25.4 Å². The molecule has 0 bridgehead atoms. The van der Waals surface area contributed by atoms with Crippen LogP contribution in [0, 0.1) is 18.2 Å². The summed E-state index contributed by atoms with van der Waals surface area (Å²) in [6, 6.07) is 11.0. The van der Waals surface area contributed by atoms with Crippen LogP contribution in [-0.4, -0.2) is 69.3 Å². The normalized spacial score (nSPS) is 18.1. The fourth-order valence-electron chi connectivity index (χ4n) is 6.46. The van der Waals surface area contributed by atoms with Gasteiger partial charge in [-0.3, -0.25) is 4.79 Å². The highest BCUT2D eigenvalue weighted by Gasteiger charge is 2.46. The highest BCUT2D eigenvalue weighted by molar-refractivity contribution is 5.74. The second-order valence-electron chi connectivity index (χ2n) is 12.6. The molecule has 11 nitrogen and oxygen atoms in total. The number of nitrogens with two attached hydrogens (primary N) is 1. The fourth-order valence-corrected chi connectivity index (χ4v) is 6.46. The summed E-state index contributed by atoms with van der Waals surface area (Å²) in [5, 5.41) is 16.8. The van der Waals surface area contributed by atoms with Gasteiger partial charge in [-0.15, -0.1) is 0 Å². The Balaban J connectivity index is 1.30. The van der Waals surface area contributed by atoms with Gasteiger partial charge in [-0.2, -0.15) is 28.2 Å². The molecule has 0 amide bonds. The Labute approximate surface area is 280 Å². The monoisotopic (exact) mass is 683 g/mol. The number of aryl methyl sites for hydroxylation is 1. The summed E-state index contributed by atoms with van der Waals surface area (Å²) in [5.74, 6) is -1.70. The molecule has 2 atom stereocenters. The number of carbonyl (C=O) groups is 1. The average Bonchev–Trinajstić information content (AvgIpc) is 3.69. The molecule has 2 fully saturated rings. The van der Waals surface area contributed by atoms with Crippen LogP contribution in [0.3, 0.4) is 0 Å². The number of piperidine rings is 1. The van der Waals surface area contributed by atoms with Crippen LogP contribution in [0.5, 0.6) is 11.6 Å². The van der Waals surface area contributed by atoms with E-state index in [1.807, 2.05) is 11.8 Å². The number of aromatic nitrogens is 4. The third-order valence-corrected chi connectivity index (χ3v) is 9.06. The van der Waals surface area contributed by atoms with Crippen molar-refractivity contribution in [2.45, 2.75) is 57.9 Å². The van der Waals surface area contributed by atoms with E-state index in [4.69, 9.17) is 15.2 Å². The molecule has 2 aliphatic heterocycles. The van der Waals surface area contributed by atoms with E-state index in [0.29, 0.717) is 74.6 Å². The molecule has 0 saturated carbocycles. The number of benzene rings is 2. The van der Waals surface area contributed by atoms with Gasteiger partial charge in [-0.1, -0.05) is 25.1 Å². The summed E-state index contributed by atoms with van der Waals surface area (Å²) in [6.45, 7) is 5.55. The highest BCUT2D eigenvalue weighted by atomic mass is 19.4. The molecule has 2 saturated heterocycles. The molecule has 2 aromatic carbocycles. The van der Waals surface area contributed by atoms with Crippen LogP contribution >= 0.6 is 0 Å². The second-order valence-corrected chi connectivity index (χ2v) is 12.6. The number of nitrogens with zero attached hydrogens (tertiary/aromatic N) is 5. The average molecular weight is 684 g/mol. The van der Waals surface area contributed by atoms with Crippen molar-refractivity contribution < 1.29 is 36.9 Å². The molecule has 2 aromatic heterocycles. The van der Waals surface area contributed by atoms with Gasteiger partial charge in [-0.05, 0) is 73.4 Å². The molecule has 2 unspecified atom stereocenters. The molecule has 1 spiro atoms. The number of nitrogen functional groups attached to an aromatic ring is 1. The van der Waals surface area contributed by atoms with Crippen molar-refractivity contribution in [3.8, 4) is 28.4 Å². The second kappa shape index (κ2) is 13.5. The number of hydrogen-bond acceptors (Lipinski definition) is 9. The Hall–Kier alpha value is -4.92. The SMILES string of the molecule is CCCOc1ccc(-c2ccc(C(Oc3cc(N4CCC5(CC4)CNC(C(=O)O)C5)nc(N)n3)C(F)(F)F)c(-n3ccc(C)n3)c2)cc1F. The quantitative estimate of drug-likeness (QED) is 0.174. The number of nitrogens with one attached hydrogen (secondary N) is 1. The highest BCUT2D eigenvalue weighted by Crippen LogP contribution is 2.43. The van der Waals surface area contributed by atoms with E-state index in [9.17, 15) is 27.5 Å². The van der Waals surface area contributed by atoms with Crippen molar-refractivity contribution in [3.63, 3.8) is 0 Å². The van der Waals surface area contributed by atoms with Gasteiger partial charge in [-0.25, -0.2) is 9.07 Å². The summed E-state index contributed by atoms with van der Waals surface area (Å²) in [5.41, 5.74) is 7.10. The van der Waals surface area contributed by atoms with Crippen molar-refractivity contribution in [2.75, 3.05) is 36.9 Å². The van der Waals surface area contributed by atoms with Crippen molar-refractivity contribution in [3.05, 3.63) is 71.8 Å². The van der Waals surface area contributed by atoms with E-state index in [1.165, 1.54) is 47.3 Å². The summed E-state index contributed by atoms with van der Waals surface area (Å²) in [4.78, 5) is 21.6. The minimum Gasteiger partial charge on any atom is -0.491 e. The van der Waals surface area contributed by atoms with Crippen LogP contribution in [0.2, 0.25) is 0 Å². The number of carboxylic acid groups (broad SMARTS) is 1. The first kappa shape index (κ1) is 34.0. The van der Waals surface area contributed by atoms with Gasteiger partial charge in [0.05, 0.1) is 18.0 Å². The first-order valence-corrected chi connectivity index (χ1v) is 16.0. The number of hydrogen-bond donors (Lipinski definition) is 3. The summed E-state index contributed by atoms with van der Waals surface area (Å²) < 4.78 is 71.9. The maximum atomic E-state index is 14.9. The molecule has 6 rings (SSSR count). The van der Waals surface area contributed by atoms with Crippen molar-refractivity contribution in [2.24, 2.45) is 5.41 Å². The van der Waals surface area contributed by atoms with Gasteiger partial charge < -0.3 is 30.5 Å². The number of alkyl halides is 3. The van der Waals surface area contributed by atoms with E-state index in [0.717, 1.165) is 0 Å². The van der Waals surface area contributed by atoms with E-state index in [1.54, 1.807) is 19.1 Å². The minimum atomic E-state index is -4.89. The lowest BCUT2D eigenvalue weighted by atomic mass is 9.76. The van der Waals surface area contributed by atoms with E-state index in [2.05, 4.69) is 20.4 Å². The fraction of sp³-hybridized carbons (Fsp3) is 0.412. The van der Waals surface area contributed by atoms with Crippen LogP contribution in [0.1, 0.15) is 50.0 Å². The molecule has 0 aliphatic carbocycles. The Bertz CT molecular complexity index is 1820. The lowest BCUT2D eigenvalue weighted by Crippen LogP contribution is -2.41. The number of carboxylic acids is 1. The predicted molar refractivity (Wildman–Crippen MR) is 173 cm³/mol. The van der Waals surface area contributed by atoms with Crippen LogP contribution in [0.4, 0.5) is 29.3 Å². The number of anilines is 2. The molecule has 4 aromatic rings. The summed E-state index contributed by atoms with van der Waals surface area (Å²) in [6.07, 6.45) is -3.28. The smallest absolute Gasteiger partial charge is 0.429 e. The first-order chi connectivity index (χ1) is 23.3. The zero-order valence-corrected chi connectivity index (χ0v) is 27.0. The zero-order valence-electron chi connectivity index (χ0n) is 27.0. The number of aliphatic carboxylic acids is 1. The van der Waals surface area contributed by atoms with Crippen LogP contribution in [0.15, 0.2) is 54.7 Å². The minimum absolute atomic E-state index is 0.0769. The molecular formula is C34H37F4N7O4. The van der Waals surface area contributed by atoms with Crippen molar-refractivity contribution >= 4 is 17.7 Å². The van der Waals surface area contributed by atoms with Crippen molar-refractivity contribution in [1.29, 1.82) is 0 Å². The van der Waals surface area contributed by atoms with E-state index in [-0.39, 0.29) is 34.2 Å². The van der Waals surface area contributed by atoms with Crippen molar-refractivity contribution in [1.82, 2.24) is 25.1 Å². The topological polar surface area (TPSA) is 141 Å². The van der Waals surface area contributed by atoms with Gasteiger partial charge in [0.15, 0.2) is 11.6 Å². The standard InChI is InChI=1S/C34H37F4N7O4/c1-3-14-48-27-7-5-21(15-24(27)35)22-4-6-23(26(16-22)45-11-8-20(2)43-45)30(34(36,37)38)49-29-17-28(41-32(39)42-29)44-12-9-33(10-13-44)18-25(31(46)47)40-19-33/h4-8,11,15-17,25,30,40H,3,9-10,12-14,18-19H2,1-2H3,(H,46,47)(H2,39,41,42). The summed E-state index contributed by atoms with van der Waals surface area (Å²) in [7, 11) is 0. The molecule has 49 heavy (non-hydrogen) atoms. The van der Waals surface area contributed by atoms with Gasteiger partial charge in [0.2, 0.25) is 17.9 Å². The Kier molecular flexibility index (Phi) is 9.38. The van der Waals surface area contributed by atoms with Gasteiger partial charge >= 0.3 is 12.1 Å². The predicted octanol–water partition coefficient (Wildman–Crippen LogP) is 5.86. The molecule has 260 valence electrons. The number of ether oxygens (including phenoxy) is 2. The van der Waals surface area contributed by atoms with Gasteiger partial charge in [0.25, 0.3) is 0 Å². The third kappa shape index (κ3) is 7.41. The molecule has 4 N–H and O–H groups in total. The van der Waals surface area contributed by atoms with E-state index < -0.39 is 30.1 Å². The molecular weight excluding hydrogens is 646 g/mol. The Morgan fingerprint density at radius 2 is 1.86 bits per heavy atom. The Morgan fingerprint density at radius 3 is 2.49 bits per heavy atom. The molecule has 0 radical (unpaired) electrons. The summed E-state index contributed by atoms with van der Waals surface area (Å²) >= 11 is 0. The Morgan fingerprint density at radius 1 is 1.12 bits per heavy atom. The molecule has 4 heterocycles. The van der Waals surface area contributed by atoms with E-state index >= 15 is 0 Å². The lowest BCUT2D eigenvalue weighted by molar-refractivity contribution is -0.198. The third-order valence-electron chi connectivity index (χ3n) is 9.06. The zero-order chi connectivity index (χ0) is 34.9. The number of halogens is 4. The lowest BCUT2D eigenvalue weighted by Gasteiger charge is -2.39. The molecule has 2 aliphatic rings. The first-order valence-electron chi connectivity index (χ1n) is 16.0. The van der Waals surface area contributed by atoms with Gasteiger partial charge in [0, 0.05) is 37.5 Å². The maximum absolute atomic E-state index is 14.9.